The van der Waals surface area contributed by atoms with E-state index in [4.69, 9.17) is 20.9 Å². The Kier molecular flexibility index (Phi) is 5.30. The van der Waals surface area contributed by atoms with E-state index in [-0.39, 0.29) is 18.2 Å². The molecule has 2 aromatic carbocycles. The van der Waals surface area contributed by atoms with Gasteiger partial charge >= 0.3 is 0 Å². The maximum Gasteiger partial charge on any atom is 0.261 e. The first-order valence-electron chi connectivity index (χ1n) is 7.76. The Morgan fingerprint density at radius 3 is 2.76 bits per heavy atom. The number of para-hydroxylation sites is 2. The van der Waals surface area contributed by atoms with Crippen molar-refractivity contribution in [2.24, 2.45) is 0 Å². The topological polar surface area (TPSA) is 77.2 Å². The summed E-state index contributed by atoms with van der Waals surface area (Å²) in [7, 11) is 0. The third-order valence-corrected chi connectivity index (χ3v) is 3.68. The molecule has 0 aliphatic carbocycles. The quantitative estimate of drug-likeness (QED) is 0.722. The van der Waals surface area contributed by atoms with Crippen LogP contribution in [0.5, 0.6) is 5.75 Å². The van der Waals surface area contributed by atoms with Crippen LogP contribution in [0.4, 0.5) is 5.69 Å². The average Bonchev–Trinajstić information content (AvgIpc) is 3.06. The van der Waals surface area contributed by atoms with E-state index >= 15 is 0 Å². The van der Waals surface area contributed by atoms with Crippen LogP contribution in [0.1, 0.15) is 12.7 Å². The number of amides is 1. The molecule has 3 rings (SSSR count). The second kappa shape index (κ2) is 7.81. The normalized spacial score (nSPS) is 10.5. The van der Waals surface area contributed by atoms with Gasteiger partial charge < -0.3 is 14.6 Å². The highest BCUT2D eigenvalue weighted by molar-refractivity contribution is 6.33. The van der Waals surface area contributed by atoms with Gasteiger partial charge in [-0.1, -0.05) is 41.0 Å². The lowest BCUT2D eigenvalue weighted by molar-refractivity contribution is -0.115. The van der Waals surface area contributed by atoms with Gasteiger partial charge in [-0.3, -0.25) is 4.79 Å². The van der Waals surface area contributed by atoms with Crippen LogP contribution >= 0.6 is 11.6 Å². The van der Waals surface area contributed by atoms with Gasteiger partial charge in [-0.2, -0.15) is 4.98 Å². The lowest BCUT2D eigenvalue weighted by atomic mass is 10.2. The SMILES string of the molecule is CCOc1ccccc1-c1nc(CC(=O)Nc2ccccc2Cl)no1. The van der Waals surface area contributed by atoms with Gasteiger partial charge in [0, 0.05) is 0 Å². The minimum absolute atomic E-state index is 0.0223. The standard InChI is InChI=1S/C18H16ClN3O3/c1-2-24-15-10-6-3-7-12(15)18-21-16(22-25-18)11-17(23)20-14-9-5-4-8-13(14)19/h3-10H,2,11H2,1H3,(H,20,23). The Morgan fingerprint density at radius 2 is 1.96 bits per heavy atom. The first-order chi connectivity index (χ1) is 12.2. The van der Waals surface area contributed by atoms with Crippen molar-refractivity contribution in [3.05, 3.63) is 59.4 Å². The molecule has 0 unspecified atom stereocenters. The zero-order chi connectivity index (χ0) is 17.6. The van der Waals surface area contributed by atoms with E-state index in [1.807, 2.05) is 31.2 Å². The molecule has 25 heavy (non-hydrogen) atoms. The van der Waals surface area contributed by atoms with Gasteiger partial charge in [-0.05, 0) is 31.2 Å². The molecule has 0 bridgehead atoms. The molecule has 7 heteroatoms. The van der Waals surface area contributed by atoms with Crippen LogP contribution in [0, 0.1) is 0 Å². The van der Waals surface area contributed by atoms with Crippen LogP contribution in [0.15, 0.2) is 53.1 Å². The summed E-state index contributed by atoms with van der Waals surface area (Å²) in [5, 5.41) is 7.05. The fourth-order valence-electron chi connectivity index (χ4n) is 2.26. The number of ether oxygens (including phenoxy) is 1. The van der Waals surface area contributed by atoms with E-state index in [1.165, 1.54) is 0 Å². The lowest BCUT2D eigenvalue weighted by Gasteiger charge is -2.06. The molecule has 0 saturated heterocycles. The molecule has 0 atom stereocenters. The number of rotatable bonds is 6. The Balaban J connectivity index is 1.72. The molecule has 6 nitrogen and oxygen atoms in total. The lowest BCUT2D eigenvalue weighted by Crippen LogP contribution is -2.15. The molecule has 0 fully saturated rings. The number of hydrogen-bond donors (Lipinski definition) is 1. The number of benzene rings is 2. The summed E-state index contributed by atoms with van der Waals surface area (Å²) in [4.78, 5) is 16.4. The van der Waals surface area contributed by atoms with Crippen LogP contribution in [0.3, 0.4) is 0 Å². The fourth-order valence-corrected chi connectivity index (χ4v) is 2.44. The third kappa shape index (κ3) is 4.16. The Labute approximate surface area is 149 Å². The van der Waals surface area contributed by atoms with E-state index in [0.29, 0.717) is 34.5 Å². The van der Waals surface area contributed by atoms with Gasteiger partial charge in [-0.15, -0.1) is 0 Å². The van der Waals surface area contributed by atoms with Crippen LogP contribution in [0.25, 0.3) is 11.5 Å². The summed E-state index contributed by atoms with van der Waals surface area (Å²) in [6, 6.07) is 14.4. The minimum Gasteiger partial charge on any atom is -0.493 e. The van der Waals surface area contributed by atoms with E-state index in [1.54, 1.807) is 24.3 Å². The molecular weight excluding hydrogens is 342 g/mol. The highest BCUT2D eigenvalue weighted by atomic mass is 35.5. The number of anilines is 1. The molecule has 3 aromatic rings. The van der Waals surface area contributed by atoms with Gasteiger partial charge in [0.25, 0.3) is 5.89 Å². The summed E-state index contributed by atoms with van der Waals surface area (Å²) in [5.74, 6) is 0.967. The van der Waals surface area contributed by atoms with Crippen molar-refractivity contribution in [3.8, 4) is 17.2 Å². The molecule has 1 heterocycles. The van der Waals surface area contributed by atoms with Crippen molar-refractivity contribution in [1.29, 1.82) is 0 Å². The van der Waals surface area contributed by atoms with Gasteiger partial charge in [0.15, 0.2) is 5.82 Å². The zero-order valence-electron chi connectivity index (χ0n) is 13.5. The van der Waals surface area contributed by atoms with Crippen LogP contribution in [-0.4, -0.2) is 22.7 Å². The molecule has 1 amide bonds. The second-order valence-corrected chi connectivity index (χ2v) is 5.56. The number of halogens is 1. The van der Waals surface area contributed by atoms with Gasteiger partial charge in [0.1, 0.15) is 5.75 Å². The predicted octanol–water partition coefficient (Wildman–Crippen LogP) is 3.97. The smallest absolute Gasteiger partial charge is 0.261 e. The molecule has 128 valence electrons. The second-order valence-electron chi connectivity index (χ2n) is 5.15. The Bertz CT molecular complexity index is 879. The molecular formula is C18H16ClN3O3. The van der Waals surface area contributed by atoms with Gasteiger partial charge in [0.2, 0.25) is 5.91 Å². The van der Waals surface area contributed by atoms with E-state index in [9.17, 15) is 4.79 Å². The number of aromatic nitrogens is 2. The summed E-state index contributed by atoms with van der Waals surface area (Å²) >= 11 is 6.02. The van der Waals surface area contributed by atoms with Crippen LogP contribution < -0.4 is 10.1 Å². The van der Waals surface area contributed by atoms with E-state index in [0.717, 1.165) is 0 Å². The number of carbonyl (C=O) groups excluding carboxylic acids is 1. The highest BCUT2D eigenvalue weighted by Gasteiger charge is 2.16. The summed E-state index contributed by atoms with van der Waals surface area (Å²) < 4.78 is 10.8. The maximum absolute atomic E-state index is 12.1. The van der Waals surface area contributed by atoms with Crippen LogP contribution in [0.2, 0.25) is 5.02 Å². The number of nitrogens with one attached hydrogen (secondary N) is 1. The van der Waals surface area contributed by atoms with Crippen molar-refractivity contribution in [1.82, 2.24) is 10.1 Å². The molecule has 0 aliphatic heterocycles. The van der Waals surface area contributed by atoms with Crippen LogP contribution in [-0.2, 0) is 11.2 Å². The van der Waals surface area contributed by atoms with E-state index < -0.39 is 0 Å². The van der Waals surface area contributed by atoms with E-state index in [2.05, 4.69) is 15.5 Å². The number of nitrogens with zero attached hydrogens (tertiary/aromatic N) is 2. The summed E-state index contributed by atoms with van der Waals surface area (Å²) in [5.41, 5.74) is 1.23. The van der Waals surface area contributed by atoms with Crippen molar-refractivity contribution < 1.29 is 14.1 Å². The summed E-state index contributed by atoms with van der Waals surface area (Å²) in [6.07, 6.45) is -0.0223. The highest BCUT2D eigenvalue weighted by Crippen LogP contribution is 2.28. The van der Waals surface area contributed by atoms with Crippen molar-refractivity contribution in [2.75, 3.05) is 11.9 Å². The third-order valence-electron chi connectivity index (χ3n) is 3.35. The van der Waals surface area contributed by atoms with Crippen molar-refractivity contribution >= 4 is 23.2 Å². The minimum atomic E-state index is -0.279. The molecule has 0 aliphatic rings. The fraction of sp³-hybridized carbons (Fsp3) is 0.167. The first kappa shape index (κ1) is 17.0. The molecule has 0 spiro atoms. The largest absolute Gasteiger partial charge is 0.493 e. The van der Waals surface area contributed by atoms with Gasteiger partial charge in [-0.25, -0.2) is 0 Å². The zero-order valence-corrected chi connectivity index (χ0v) is 14.3. The van der Waals surface area contributed by atoms with Crippen molar-refractivity contribution in [2.45, 2.75) is 13.3 Å². The molecule has 0 saturated carbocycles. The van der Waals surface area contributed by atoms with Gasteiger partial charge in [0.05, 0.1) is 29.3 Å². The Morgan fingerprint density at radius 1 is 1.20 bits per heavy atom. The molecule has 1 aromatic heterocycles. The van der Waals surface area contributed by atoms with Crippen molar-refractivity contribution in [3.63, 3.8) is 0 Å². The average molecular weight is 358 g/mol. The summed E-state index contributed by atoms with van der Waals surface area (Å²) in [6.45, 7) is 2.42. The maximum atomic E-state index is 12.1. The molecule has 1 N–H and O–H groups in total. The molecule has 0 radical (unpaired) electrons. The Hall–Kier alpha value is -2.86. The monoisotopic (exact) mass is 357 g/mol. The predicted molar refractivity (Wildman–Crippen MR) is 94.7 cm³/mol. The first-order valence-corrected chi connectivity index (χ1v) is 8.14. The number of hydrogen-bond acceptors (Lipinski definition) is 5. The number of carbonyl (C=O) groups is 1.